The molecule has 0 spiro atoms. The third kappa shape index (κ3) is 9.09. The minimum Gasteiger partial charge on any atom is -0.497 e. The fraction of sp³-hybridized carbons (Fsp3) is 0.562. The lowest BCUT2D eigenvalue weighted by atomic mass is 10.1. The fourth-order valence-electron chi connectivity index (χ4n) is 1.89. The van der Waals surface area contributed by atoms with Crippen LogP contribution >= 0.6 is 24.0 Å². The van der Waals surface area contributed by atoms with Crippen LogP contribution in [0.4, 0.5) is 0 Å². The van der Waals surface area contributed by atoms with E-state index in [1.165, 1.54) is 5.56 Å². The van der Waals surface area contributed by atoms with E-state index < -0.39 is 0 Å². The third-order valence-electron chi connectivity index (χ3n) is 2.96. The SMILES string of the molecule is CCNC(=NCCCOC)NCCc1cccc(OC)c1.I. The fourth-order valence-corrected chi connectivity index (χ4v) is 1.89. The van der Waals surface area contributed by atoms with Gasteiger partial charge < -0.3 is 20.1 Å². The molecule has 0 bridgehead atoms. The second kappa shape index (κ2) is 13.6. The van der Waals surface area contributed by atoms with E-state index in [1.54, 1.807) is 14.2 Å². The Kier molecular flexibility index (Phi) is 13.0. The number of aliphatic imine (C=N–C) groups is 1. The Labute approximate surface area is 150 Å². The number of nitrogens with one attached hydrogen (secondary N) is 2. The number of nitrogens with zero attached hydrogens (tertiary/aromatic N) is 1. The number of halogens is 1. The van der Waals surface area contributed by atoms with E-state index >= 15 is 0 Å². The Balaban J connectivity index is 0.00000441. The van der Waals surface area contributed by atoms with Crippen molar-refractivity contribution in [1.82, 2.24) is 10.6 Å². The molecule has 0 aliphatic carbocycles. The normalized spacial score (nSPS) is 10.8. The van der Waals surface area contributed by atoms with Crippen molar-refractivity contribution in [3.63, 3.8) is 0 Å². The third-order valence-corrected chi connectivity index (χ3v) is 2.96. The number of hydrogen-bond donors (Lipinski definition) is 2. The number of ether oxygens (including phenoxy) is 2. The molecule has 0 saturated carbocycles. The van der Waals surface area contributed by atoms with E-state index in [0.29, 0.717) is 0 Å². The molecule has 5 nitrogen and oxygen atoms in total. The minimum absolute atomic E-state index is 0. The Hall–Kier alpha value is -1.02. The lowest BCUT2D eigenvalue weighted by Gasteiger charge is -2.11. The molecule has 0 saturated heterocycles. The molecule has 1 aromatic carbocycles. The van der Waals surface area contributed by atoms with Gasteiger partial charge in [-0.1, -0.05) is 12.1 Å². The first-order valence-electron chi connectivity index (χ1n) is 7.44. The highest BCUT2D eigenvalue weighted by Crippen LogP contribution is 2.12. The summed E-state index contributed by atoms with van der Waals surface area (Å²) in [4.78, 5) is 4.51. The van der Waals surface area contributed by atoms with E-state index in [2.05, 4.69) is 34.7 Å². The lowest BCUT2D eigenvalue weighted by molar-refractivity contribution is 0.197. The Morgan fingerprint density at radius 1 is 1.23 bits per heavy atom. The molecule has 0 aliphatic heterocycles. The van der Waals surface area contributed by atoms with Crippen molar-refractivity contribution < 1.29 is 9.47 Å². The highest BCUT2D eigenvalue weighted by atomic mass is 127. The first-order valence-corrected chi connectivity index (χ1v) is 7.44. The van der Waals surface area contributed by atoms with Crippen LogP contribution in [0.15, 0.2) is 29.3 Å². The Bertz CT molecular complexity index is 428. The van der Waals surface area contributed by atoms with E-state index in [9.17, 15) is 0 Å². The van der Waals surface area contributed by atoms with Crippen LogP contribution in [0.3, 0.4) is 0 Å². The number of benzene rings is 1. The summed E-state index contributed by atoms with van der Waals surface area (Å²) in [5.74, 6) is 1.75. The monoisotopic (exact) mass is 421 g/mol. The summed E-state index contributed by atoms with van der Waals surface area (Å²) in [5.41, 5.74) is 1.25. The lowest BCUT2D eigenvalue weighted by Crippen LogP contribution is -2.38. The maximum absolute atomic E-state index is 5.23. The van der Waals surface area contributed by atoms with Crippen LogP contribution in [0.5, 0.6) is 5.75 Å². The highest BCUT2D eigenvalue weighted by molar-refractivity contribution is 14.0. The van der Waals surface area contributed by atoms with Crippen molar-refractivity contribution in [3.05, 3.63) is 29.8 Å². The van der Waals surface area contributed by atoms with Crippen LogP contribution in [-0.4, -0.2) is 46.4 Å². The molecule has 0 aromatic heterocycles. The van der Waals surface area contributed by atoms with Crippen molar-refractivity contribution in [2.45, 2.75) is 19.8 Å². The molecule has 2 N–H and O–H groups in total. The molecular formula is C16H28IN3O2. The summed E-state index contributed by atoms with van der Waals surface area (Å²) in [5, 5.41) is 6.58. The molecular weight excluding hydrogens is 393 g/mol. The summed E-state index contributed by atoms with van der Waals surface area (Å²) >= 11 is 0. The maximum atomic E-state index is 5.23. The van der Waals surface area contributed by atoms with Gasteiger partial charge in [0.2, 0.25) is 0 Å². The van der Waals surface area contributed by atoms with Crippen LogP contribution in [0, 0.1) is 0 Å². The second-order valence-electron chi connectivity index (χ2n) is 4.64. The maximum Gasteiger partial charge on any atom is 0.191 e. The summed E-state index contributed by atoms with van der Waals surface area (Å²) < 4.78 is 10.3. The molecule has 22 heavy (non-hydrogen) atoms. The summed E-state index contributed by atoms with van der Waals surface area (Å²) in [6, 6.07) is 8.13. The summed E-state index contributed by atoms with van der Waals surface area (Å²) in [6.45, 7) is 5.27. The first-order chi connectivity index (χ1) is 10.3. The zero-order valence-corrected chi connectivity index (χ0v) is 16.1. The Morgan fingerprint density at radius 3 is 2.73 bits per heavy atom. The smallest absolute Gasteiger partial charge is 0.191 e. The molecule has 126 valence electrons. The average molecular weight is 421 g/mol. The van der Waals surface area contributed by atoms with E-state index in [1.807, 2.05) is 12.1 Å². The minimum atomic E-state index is 0. The molecule has 1 rings (SSSR count). The van der Waals surface area contributed by atoms with Gasteiger partial charge in [0.05, 0.1) is 7.11 Å². The number of methoxy groups -OCH3 is 2. The zero-order valence-electron chi connectivity index (χ0n) is 13.7. The van der Waals surface area contributed by atoms with Gasteiger partial charge in [0, 0.05) is 33.4 Å². The van der Waals surface area contributed by atoms with E-state index in [-0.39, 0.29) is 24.0 Å². The van der Waals surface area contributed by atoms with Crippen LogP contribution in [0.1, 0.15) is 18.9 Å². The van der Waals surface area contributed by atoms with Crippen LogP contribution in [0.25, 0.3) is 0 Å². The molecule has 0 heterocycles. The molecule has 6 heteroatoms. The van der Waals surface area contributed by atoms with E-state index in [0.717, 1.165) is 50.8 Å². The van der Waals surface area contributed by atoms with Crippen molar-refractivity contribution in [3.8, 4) is 5.75 Å². The standard InChI is InChI=1S/C16H27N3O2.HI/c1-4-17-16(18-10-6-12-20-2)19-11-9-14-7-5-8-15(13-14)21-3;/h5,7-8,13H,4,6,9-12H2,1-3H3,(H2,17,18,19);1H. The first kappa shape index (κ1) is 21.0. The number of rotatable bonds is 9. The quantitative estimate of drug-likeness (QED) is 0.279. The van der Waals surface area contributed by atoms with Gasteiger partial charge in [0.1, 0.15) is 5.75 Å². The summed E-state index contributed by atoms with van der Waals surface area (Å²) in [6.07, 6.45) is 1.86. The predicted molar refractivity (Wildman–Crippen MR) is 103 cm³/mol. The van der Waals surface area contributed by atoms with Crippen LogP contribution in [-0.2, 0) is 11.2 Å². The predicted octanol–water partition coefficient (Wildman–Crippen LogP) is 2.45. The van der Waals surface area contributed by atoms with Gasteiger partial charge in [-0.15, -0.1) is 24.0 Å². The van der Waals surface area contributed by atoms with Gasteiger partial charge in [-0.2, -0.15) is 0 Å². The largest absolute Gasteiger partial charge is 0.497 e. The van der Waals surface area contributed by atoms with Crippen molar-refractivity contribution in [2.24, 2.45) is 4.99 Å². The average Bonchev–Trinajstić information content (AvgIpc) is 2.51. The van der Waals surface area contributed by atoms with Gasteiger partial charge in [-0.3, -0.25) is 4.99 Å². The van der Waals surface area contributed by atoms with Gasteiger partial charge >= 0.3 is 0 Å². The number of guanidine groups is 1. The van der Waals surface area contributed by atoms with E-state index in [4.69, 9.17) is 9.47 Å². The van der Waals surface area contributed by atoms with Crippen molar-refractivity contribution in [1.29, 1.82) is 0 Å². The van der Waals surface area contributed by atoms with Gasteiger partial charge in [-0.25, -0.2) is 0 Å². The number of hydrogen-bond acceptors (Lipinski definition) is 3. The highest BCUT2D eigenvalue weighted by Gasteiger charge is 1.99. The molecule has 0 amide bonds. The van der Waals surface area contributed by atoms with Gasteiger partial charge in [-0.05, 0) is 37.5 Å². The second-order valence-corrected chi connectivity index (χ2v) is 4.64. The molecule has 0 radical (unpaired) electrons. The molecule has 1 aromatic rings. The van der Waals surface area contributed by atoms with Gasteiger partial charge in [0.25, 0.3) is 0 Å². The van der Waals surface area contributed by atoms with Crippen molar-refractivity contribution >= 4 is 29.9 Å². The summed E-state index contributed by atoms with van der Waals surface area (Å²) in [7, 11) is 3.40. The molecule has 0 atom stereocenters. The molecule has 0 unspecified atom stereocenters. The molecule has 0 fully saturated rings. The topological polar surface area (TPSA) is 54.9 Å². The van der Waals surface area contributed by atoms with Crippen LogP contribution in [0.2, 0.25) is 0 Å². The Morgan fingerprint density at radius 2 is 2.05 bits per heavy atom. The van der Waals surface area contributed by atoms with Gasteiger partial charge in [0.15, 0.2) is 5.96 Å². The van der Waals surface area contributed by atoms with Crippen LogP contribution < -0.4 is 15.4 Å². The zero-order chi connectivity index (χ0) is 15.3. The van der Waals surface area contributed by atoms with Crippen molar-refractivity contribution in [2.75, 3.05) is 40.5 Å². The molecule has 0 aliphatic rings.